The van der Waals surface area contributed by atoms with Crippen LogP contribution in [0.2, 0.25) is 0 Å². The summed E-state index contributed by atoms with van der Waals surface area (Å²) in [7, 11) is 1.36. The van der Waals surface area contributed by atoms with Crippen LogP contribution in [0.3, 0.4) is 0 Å². The maximum absolute atomic E-state index is 12.6. The number of non-ortho nitro benzene ring substituents is 1. The van der Waals surface area contributed by atoms with Gasteiger partial charge in [-0.3, -0.25) is 19.7 Å². The van der Waals surface area contributed by atoms with E-state index in [1.54, 1.807) is 0 Å². The summed E-state index contributed by atoms with van der Waals surface area (Å²) in [6.45, 7) is 5.36. The van der Waals surface area contributed by atoms with E-state index in [0.29, 0.717) is 5.69 Å². The number of amides is 2. The number of carbonyl (C=O) groups excluding carboxylic acids is 2. The molecule has 0 unspecified atom stereocenters. The van der Waals surface area contributed by atoms with E-state index in [-0.39, 0.29) is 17.7 Å². The third-order valence-electron chi connectivity index (χ3n) is 4.29. The van der Waals surface area contributed by atoms with Crippen molar-refractivity contribution in [2.24, 2.45) is 0 Å². The van der Waals surface area contributed by atoms with Gasteiger partial charge in [-0.15, -0.1) is 0 Å². The van der Waals surface area contributed by atoms with Crippen LogP contribution >= 0.6 is 0 Å². The van der Waals surface area contributed by atoms with Crippen LogP contribution in [0.15, 0.2) is 30.3 Å². The fourth-order valence-corrected chi connectivity index (χ4v) is 3.03. The fourth-order valence-electron chi connectivity index (χ4n) is 3.03. The molecule has 9 heteroatoms. The molecule has 2 rings (SSSR count). The highest BCUT2D eigenvalue weighted by atomic mass is 16.6. The summed E-state index contributed by atoms with van der Waals surface area (Å²) >= 11 is 0. The van der Waals surface area contributed by atoms with Crippen LogP contribution in [0.5, 0.6) is 0 Å². The minimum absolute atomic E-state index is 0.186. The Bertz CT molecular complexity index is 960. The van der Waals surface area contributed by atoms with Crippen LogP contribution in [0.4, 0.5) is 11.4 Å². The van der Waals surface area contributed by atoms with Crippen LogP contribution in [0.25, 0.3) is 0 Å². The van der Waals surface area contributed by atoms with E-state index in [4.69, 9.17) is 5.11 Å². The van der Waals surface area contributed by atoms with E-state index < -0.39 is 28.4 Å². The third-order valence-corrected chi connectivity index (χ3v) is 4.29. The molecule has 0 aromatic heterocycles. The number of hydrogen-bond acceptors (Lipinski definition) is 5. The number of rotatable bonds is 6. The van der Waals surface area contributed by atoms with Crippen molar-refractivity contribution >= 4 is 29.2 Å². The van der Waals surface area contributed by atoms with Crippen LogP contribution in [-0.2, 0) is 4.79 Å². The molecule has 0 saturated heterocycles. The number of nitrogens with zero attached hydrogens (tertiary/aromatic N) is 2. The number of carbonyl (C=O) groups is 3. The predicted octanol–water partition coefficient (Wildman–Crippen LogP) is 2.93. The number of aryl methyl sites for hydroxylation is 3. The normalized spacial score (nSPS) is 10.3. The van der Waals surface area contributed by atoms with E-state index in [1.807, 2.05) is 32.9 Å². The average molecular weight is 399 g/mol. The third kappa shape index (κ3) is 5.16. The lowest BCUT2D eigenvalue weighted by molar-refractivity contribution is -0.384. The summed E-state index contributed by atoms with van der Waals surface area (Å²) < 4.78 is 0. The van der Waals surface area contributed by atoms with Crippen molar-refractivity contribution in [3.63, 3.8) is 0 Å². The zero-order valence-electron chi connectivity index (χ0n) is 16.5. The first kappa shape index (κ1) is 21.5. The van der Waals surface area contributed by atoms with E-state index in [0.717, 1.165) is 39.8 Å². The standard InChI is InChI=1S/C20H21N3O6/c1-11-5-12(2)18(13(3)6-11)21-17(24)10-22(4)19(25)14-7-15(20(26)27)9-16(8-14)23(28)29/h5-9H,10H2,1-4H3,(H,21,24)(H,26,27). The fraction of sp³-hybridized carbons (Fsp3) is 0.250. The number of nitro benzene ring substituents is 1. The summed E-state index contributed by atoms with van der Waals surface area (Å²) in [5.74, 6) is -2.54. The van der Waals surface area contributed by atoms with E-state index in [9.17, 15) is 24.5 Å². The van der Waals surface area contributed by atoms with Crippen molar-refractivity contribution in [1.82, 2.24) is 4.90 Å². The summed E-state index contributed by atoms with van der Waals surface area (Å²) in [6, 6.07) is 6.74. The number of hydrogen-bond donors (Lipinski definition) is 2. The highest BCUT2D eigenvalue weighted by Crippen LogP contribution is 2.22. The number of nitrogens with one attached hydrogen (secondary N) is 1. The Morgan fingerprint density at radius 2 is 1.59 bits per heavy atom. The predicted molar refractivity (Wildman–Crippen MR) is 106 cm³/mol. The molecule has 0 aliphatic heterocycles. The number of carboxylic acid groups (broad SMARTS) is 1. The van der Waals surface area contributed by atoms with Crippen molar-refractivity contribution in [3.05, 3.63) is 68.3 Å². The molecule has 0 aliphatic rings. The van der Waals surface area contributed by atoms with Gasteiger partial charge in [0.2, 0.25) is 5.91 Å². The summed E-state index contributed by atoms with van der Waals surface area (Å²) in [5, 5.41) is 22.9. The van der Waals surface area contributed by atoms with Gasteiger partial charge in [-0.25, -0.2) is 4.79 Å². The Hall–Kier alpha value is -3.75. The highest BCUT2D eigenvalue weighted by molar-refractivity contribution is 6.01. The Labute approximate surface area is 167 Å². The first-order chi connectivity index (χ1) is 13.5. The molecular formula is C20H21N3O6. The van der Waals surface area contributed by atoms with Crippen molar-refractivity contribution in [2.75, 3.05) is 18.9 Å². The number of likely N-dealkylation sites (N-methyl/N-ethyl adjacent to an activating group) is 1. The second kappa shape index (κ2) is 8.51. The summed E-state index contributed by atoms with van der Waals surface area (Å²) in [5.41, 5.74) is 2.40. The zero-order chi connectivity index (χ0) is 21.9. The maximum atomic E-state index is 12.6. The summed E-state index contributed by atoms with van der Waals surface area (Å²) in [6.07, 6.45) is 0. The second-order valence-corrected chi connectivity index (χ2v) is 6.81. The molecule has 2 N–H and O–H groups in total. The zero-order valence-corrected chi connectivity index (χ0v) is 16.5. The van der Waals surface area contributed by atoms with Gasteiger partial charge in [0.1, 0.15) is 0 Å². The monoisotopic (exact) mass is 399 g/mol. The minimum atomic E-state index is -1.39. The topological polar surface area (TPSA) is 130 Å². The molecule has 0 saturated carbocycles. The molecule has 0 atom stereocenters. The molecule has 2 aromatic rings. The van der Waals surface area contributed by atoms with Gasteiger partial charge in [0.05, 0.1) is 17.0 Å². The lowest BCUT2D eigenvalue weighted by Gasteiger charge is -2.18. The van der Waals surface area contributed by atoms with Crippen LogP contribution in [-0.4, -0.2) is 46.3 Å². The van der Waals surface area contributed by atoms with Gasteiger partial charge >= 0.3 is 5.97 Å². The minimum Gasteiger partial charge on any atom is -0.478 e. The molecular weight excluding hydrogens is 378 g/mol. The lowest BCUT2D eigenvalue weighted by Crippen LogP contribution is -2.35. The van der Waals surface area contributed by atoms with Gasteiger partial charge in [-0.05, 0) is 38.0 Å². The molecule has 2 aromatic carbocycles. The molecule has 9 nitrogen and oxygen atoms in total. The van der Waals surface area contributed by atoms with Crippen molar-refractivity contribution in [3.8, 4) is 0 Å². The molecule has 0 bridgehead atoms. The number of anilines is 1. The van der Waals surface area contributed by atoms with Crippen LogP contribution in [0, 0.1) is 30.9 Å². The Kier molecular flexibility index (Phi) is 6.32. The second-order valence-electron chi connectivity index (χ2n) is 6.81. The average Bonchev–Trinajstić information content (AvgIpc) is 2.63. The molecule has 0 radical (unpaired) electrons. The van der Waals surface area contributed by atoms with Crippen LogP contribution in [0.1, 0.15) is 37.4 Å². The molecule has 0 aliphatic carbocycles. The molecule has 152 valence electrons. The molecule has 0 spiro atoms. The maximum Gasteiger partial charge on any atom is 0.335 e. The van der Waals surface area contributed by atoms with Crippen LogP contribution < -0.4 is 5.32 Å². The van der Waals surface area contributed by atoms with Gasteiger partial charge in [-0.2, -0.15) is 0 Å². The van der Waals surface area contributed by atoms with Crippen molar-refractivity contribution in [1.29, 1.82) is 0 Å². The Morgan fingerprint density at radius 3 is 2.10 bits per heavy atom. The molecule has 2 amide bonds. The Morgan fingerprint density at radius 1 is 1.03 bits per heavy atom. The molecule has 0 fully saturated rings. The SMILES string of the molecule is Cc1cc(C)c(NC(=O)CN(C)C(=O)c2cc(C(=O)O)cc([N+](=O)[O-])c2)c(C)c1. The first-order valence-corrected chi connectivity index (χ1v) is 8.65. The molecule has 29 heavy (non-hydrogen) atoms. The van der Waals surface area contributed by atoms with E-state index in [1.165, 1.54) is 7.05 Å². The largest absolute Gasteiger partial charge is 0.478 e. The first-order valence-electron chi connectivity index (χ1n) is 8.65. The van der Waals surface area contributed by atoms with Gasteiger partial charge in [0.25, 0.3) is 11.6 Å². The van der Waals surface area contributed by atoms with Gasteiger partial charge < -0.3 is 15.3 Å². The number of benzene rings is 2. The van der Waals surface area contributed by atoms with E-state index in [2.05, 4.69) is 5.32 Å². The molecule has 0 heterocycles. The highest BCUT2D eigenvalue weighted by Gasteiger charge is 2.21. The number of aromatic carboxylic acids is 1. The van der Waals surface area contributed by atoms with Gasteiger partial charge in [0.15, 0.2) is 0 Å². The van der Waals surface area contributed by atoms with Crippen molar-refractivity contribution in [2.45, 2.75) is 20.8 Å². The quantitative estimate of drug-likeness (QED) is 0.567. The van der Waals surface area contributed by atoms with E-state index >= 15 is 0 Å². The number of carboxylic acids is 1. The Balaban J connectivity index is 2.20. The van der Waals surface area contributed by atoms with Crippen molar-refractivity contribution < 1.29 is 24.4 Å². The number of nitro groups is 1. The van der Waals surface area contributed by atoms with Gasteiger partial charge in [0, 0.05) is 30.4 Å². The lowest BCUT2D eigenvalue weighted by atomic mass is 10.1. The van der Waals surface area contributed by atoms with Gasteiger partial charge in [-0.1, -0.05) is 17.7 Å². The smallest absolute Gasteiger partial charge is 0.335 e. The summed E-state index contributed by atoms with van der Waals surface area (Å²) in [4.78, 5) is 47.5.